The summed E-state index contributed by atoms with van der Waals surface area (Å²) in [6.45, 7) is 6.22. The fourth-order valence-corrected chi connectivity index (χ4v) is 1.12. The minimum atomic E-state index is -0.249. The van der Waals surface area contributed by atoms with Gasteiger partial charge in [-0.05, 0) is 6.92 Å². The third-order valence-corrected chi connectivity index (χ3v) is 2.07. The van der Waals surface area contributed by atoms with E-state index in [0.29, 0.717) is 25.7 Å². The van der Waals surface area contributed by atoms with Crippen LogP contribution in [0.2, 0.25) is 0 Å². The average molecular weight is 245 g/mol. The number of guanidine groups is 1. The molecule has 100 valence electrons. The SMILES string of the molecule is CCNC(=NCC(C)C(=O)OC)NCCOC. The van der Waals surface area contributed by atoms with Crippen molar-refractivity contribution >= 4 is 11.9 Å². The molecule has 2 N–H and O–H groups in total. The predicted molar refractivity (Wildman–Crippen MR) is 67.0 cm³/mol. The molecule has 0 amide bonds. The smallest absolute Gasteiger partial charge is 0.310 e. The Labute approximate surface area is 103 Å². The Morgan fingerprint density at radius 2 is 2.06 bits per heavy atom. The molecule has 0 aromatic heterocycles. The number of carbonyl (C=O) groups is 1. The van der Waals surface area contributed by atoms with Crippen LogP contribution in [0.25, 0.3) is 0 Å². The summed E-state index contributed by atoms with van der Waals surface area (Å²) in [5, 5.41) is 6.18. The summed E-state index contributed by atoms with van der Waals surface area (Å²) in [7, 11) is 3.02. The average Bonchev–Trinajstić information content (AvgIpc) is 2.34. The van der Waals surface area contributed by atoms with Crippen molar-refractivity contribution in [2.24, 2.45) is 10.9 Å². The second-order valence-electron chi connectivity index (χ2n) is 3.56. The Morgan fingerprint density at radius 3 is 2.59 bits per heavy atom. The van der Waals surface area contributed by atoms with Gasteiger partial charge in [-0.3, -0.25) is 9.79 Å². The molecule has 0 spiro atoms. The van der Waals surface area contributed by atoms with E-state index in [4.69, 9.17) is 4.74 Å². The highest BCUT2D eigenvalue weighted by molar-refractivity contribution is 5.80. The van der Waals surface area contributed by atoms with Crippen molar-refractivity contribution in [3.63, 3.8) is 0 Å². The molecule has 0 aliphatic heterocycles. The van der Waals surface area contributed by atoms with E-state index in [0.717, 1.165) is 6.54 Å². The third kappa shape index (κ3) is 7.57. The number of aliphatic imine (C=N–C) groups is 1. The van der Waals surface area contributed by atoms with Crippen LogP contribution in [-0.2, 0) is 14.3 Å². The zero-order valence-corrected chi connectivity index (χ0v) is 11.1. The summed E-state index contributed by atoms with van der Waals surface area (Å²) >= 11 is 0. The third-order valence-electron chi connectivity index (χ3n) is 2.07. The number of nitrogens with zero attached hydrogens (tertiary/aromatic N) is 1. The van der Waals surface area contributed by atoms with Gasteiger partial charge in [-0.25, -0.2) is 0 Å². The molecule has 1 unspecified atom stereocenters. The number of rotatable bonds is 7. The normalized spacial score (nSPS) is 13.1. The molecule has 0 bridgehead atoms. The van der Waals surface area contributed by atoms with Crippen LogP contribution in [0.4, 0.5) is 0 Å². The Kier molecular flexibility index (Phi) is 9.14. The first-order chi connectivity index (χ1) is 8.15. The van der Waals surface area contributed by atoms with Crippen LogP contribution >= 0.6 is 0 Å². The zero-order valence-electron chi connectivity index (χ0n) is 11.1. The molecular weight excluding hydrogens is 222 g/mol. The van der Waals surface area contributed by atoms with E-state index in [1.54, 1.807) is 14.0 Å². The van der Waals surface area contributed by atoms with E-state index in [9.17, 15) is 4.79 Å². The topological polar surface area (TPSA) is 72.0 Å². The van der Waals surface area contributed by atoms with Gasteiger partial charge in [0.2, 0.25) is 0 Å². The molecule has 0 aliphatic rings. The van der Waals surface area contributed by atoms with Crippen LogP contribution in [0.5, 0.6) is 0 Å². The number of esters is 1. The Morgan fingerprint density at radius 1 is 1.35 bits per heavy atom. The predicted octanol–water partition coefficient (Wildman–Crippen LogP) is -0.00300. The second kappa shape index (κ2) is 9.89. The van der Waals surface area contributed by atoms with Crippen molar-refractivity contribution in [2.45, 2.75) is 13.8 Å². The second-order valence-corrected chi connectivity index (χ2v) is 3.56. The molecule has 6 heteroatoms. The van der Waals surface area contributed by atoms with Crippen LogP contribution < -0.4 is 10.6 Å². The van der Waals surface area contributed by atoms with E-state index < -0.39 is 0 Å². The fourth-order valence-electron chi connectivity index (χ4n) is 1.12. The van der Waals surface area contributed by atoms with Gasteiger partial charge in [0.15, 0.2) is 5.96 Å². The quantitative estimate of drug-likeness (QED) is 0.286. The van der Waals surface area contributed by atoms with Gasteiger partial charge in [0, 0.05) is 20.2 Å². The summed E-state index contributed by atoms with van der Waals surface area (Å²) in [6.07, 6.45) is 0. The number of carbonyl (C=O) groups excluding carboxylic acids is 1. The molecule has 0 saturated carbocycles. The van der Waals surface area contributed by atoms with Crippen molar-refractivity contribution in [2.75, 3.05) is 40.5 Å². The highest BCUT2D eigenvalue weighted by atomic mass is 16.5. The van der Waals surface area contributed by atoms with Gasteiger partial charge in [-0.1, -0.05) is 6.92 Å². The standard InChI is InChI=1S/C11H23N3O3/c1-5-12-11(13-6-7-16-3)14-8-9(2)10(15)17-4/h9H,5-8H2,1-4H3,(H2,12,13,14). The first-order valence-corrected chi connectivity index (χ1v) is 5.74. The summed E-state index contributed by atoms with van der Waals surface area (Å²) < 4.78 is 9.57. The maximum absolute atomic E-state index is 11.2. The van der Waals surface area contributed by atoms with E-state index in [-0.39, 0.29) is 11.9 Å². The molecule has 0 fully saturated rings. The van der Waals surface area contributed by atoms with Gasteiger partial charge in [-0.15, -0.1) is 0 Å². The molecule has 17 heavy (non-hydrogen) atoms. The number of hydrogen-bond donors (Lipinski definition) is 2. The zero-order chi connectivity index (χ0) is 13.1. The van der Waals surface area contributed by atoms with Crippen LogP contribution in [-0.4, -0.2) is 52.4 Å². The molecule has 0 radical (unpaired) electrons. The van der Waals surface area contributed by atoms with Gasteiger partial charge < -0.3 is 20.1 Å². The van der Waals surface area contributed by atoms with Gasteiger partial charge in [0.1, 0.15) is 0 Å². The molecule has 0 aromatic rings. The Bertz CT molecular complexity index is 244. The van der Waals surface area contributed by atoms with E-state index >= 15 is 0 Å². The van der Waals surface area contributed by atoms with Crippen molar-refractivity contribution in [1.82, 2.24) is 10.6 Å². The summed E-state index contributed by atoms with van der Waals surface area (Å²) in [5.41, 5.74) is 0. The molecule has 1 atom stereocenters. The molecule has 0 aromatic carbocycles. The largest absolute Gasteiger partial charge is 0.469 e. The number of ether oxygens (including phenoxy) is 2. The van der Waals surface area contributed by atoms with Crippen LogP contribution in [0, 0.1) is 5.92 Å². The highest BCUT2D eigenvalue weighted by Gasteiger charge is 2.12. The molecular formula is C11H23N3O3. The highest BCUT2D eigenvalue weighted by Crippen LogP contribution is 1.97. The van der Waals surface area contributed by atoms with E-state index in [2.05, 4.69) is 20.4 Å². The number of hydrogen-bond acceptors (Lipinski definition) is 4. The number of nitrogens with one attached hydrogen (secondary N) is 2. The maximum atomic E-state index is 11.2. The Balaban J connectivity index is 4.13. The lowest BCUT2D eigenvalue weighted by Gasteiger charge is -2.12. The minimum absolute atomic E-state index is 0.238. The summed E-state index contributed by atoms with van der Waals surface area (Å²) in [6, 6.07) is 0. The van der Waals surface area contributed by atoms with Gasteiger partial charge in [-0.2, -0.15) is 0 Å². The molecule has 6 nitrogen and oxygen atoms in total. The Hall–Kier alpha value is -1.30. The fraction of sp³-hybridized carbons (Fsp3) is 0.818. The maximum Gasteiger partial charge on any atom is 0.310 e. The van der Waals surface area contributed by atoms with Gasteiger partial charge in [0.05, 0.1) is 26.2 Å². The lowest BCUT2D eigenvalue weighted by molar-refractivity contribution is -0.144. The van der Waals surface area contributed by atoms with Crippen molar-refractivity contribution in [3.8, 4) is 0 Å². The molecule has 0 aliphatic carbocycles. The van der Waals surface area contributed by atoms with Crippen LogP contribution in [0.1, 0.15) is 13.8 Å². The van der Waals surface area contributed by atoms with E-state index in [1.165, 1.54) is 7.11 Å². The molecule has 0 saturated heterocycles. The molecule has 0 heterocycles. The van der Waals surface area contributed by atoms with Crippen LogP contribution in [0.15, 0.2) is 4.99 Å². The first kappa shape index (κ1) is 15.7. The lowest BCUT2D eigenvalue weighted by Crippen LogP contribution is -2.39. The van der Waals surface area contributed by atoms with Gasteiger partial charge >= 0.3 is 5.97 Å². The number of methoxy groups -OCH3 is 2. The first-order valence-electron chi connectivity index (χ1n) is 5.74. The van der Waals surface area contributed by atoms with Crippen LogP contribution in [0.3, 0.4) is 0 Å². The summed E-state index contributed by atoms with van der Waals surface area (Å²) in [4.78, 5) is 15.5. The lowest BCUT2D eigenvalue weighted by atomic mass is 10.2. The van der Waals surface area contributed by atoms with Crippen molar-refractivity contribution < 1.29 is 14.3 Å². The van der Waals surface area contributed by atoms with E-state index in [1.807, 2.05) is 6.92 Å². The summed E-state index contributed by atoms with van der Waals surface area (Å²) in [5.74, 6) is 0.194. The van der Waals surface area contributed by atoms with Crippen molar-refractivity contribution in [1.29, 1.82) is 0 Å². The van der Waals surface area contributed by atoms with Gasteiger partial charge in [0.25, 0.3) is 0 Å². The molecule has 0 rings (SSSR count). The van der Waals surface area contributed by atoms with Crippen molar-refractivity contribution in [3.05, 3.63) is 0 Å². The monoisotopic (exact) mass is 245 g/mol. The minimum Gasteiger partial charge on any atom is -0.469 e.